The highest BCUT2D eigenvalue weighted by atomic mass is 32.2. The maximum absolute atomic E-state index is 12.4. The number of anilines is 1. The fourth-order valence-corrected chi connectivity index (χ4v) is 4.15. The van der Waals surface area contributed by atoms with Crippen LogP contribution in [-0.4, -0.2) is 74.7 Å². The molecule has 1 amide bonds. The normalized spacial score (nSPS) is 14.7. The number of nitrogens with zero attached hydrogens (tertiary/aromatic N) is 4. The van der Waals surface area contributed by atoms with Crippen LogP contribution < -0.4 is 9.80 Å². The predicted molar refractivity (Wildman–Crippen MR) is 120 cm³/mol. The average Bonchev–Trinajstić information content (AvgIpc) is 2.77. The Balaban J connectivity index is 1.73. The number of ether oxygens (including phenoxy) is 1. The minimum Gasteiger partial charge on any atom is -0.378 e. The van der Waals surface area contributed by atoms with Crippen LogP contribution in [0, 0.1) is 0 Å². The van der Waals surface area contributed by atoms with Gasteiger partial charge in [0.2, 0.25) is 0 Å². The monoisotopic (exact) mass is 430 g/mol. The molecule has 7 nitrogen and oxygen atoms in total. The molecule has 2 aromatic rings. The lowest BCUT2D eigenvalue weighted by atomic mass is 10.1. The summed E-state index contributed by atoms with van der Waals surface area (Å²) < 4.78 is 5.32. The van der Waals surface area contributed by atoms with E-state index in [-0.39, 0.29) is 5.91 Å². The molecule has 0 atom stereocenters. The van der Waals surface area contributed by atoms with E-state index in [9.17, 15) is 4.79 Å². The smallest absolute Gasteiger partial charge is 0.253 e. The first-order valence-electron chi connectivity index (χ1n) is 10.4. The molecule has 1 aliphatic rings. The van der Waals surface area contributed by atoms with Gasteiger partial charge in [0, 0.05) is 38.1 Å². The molecule has 8 heteroatoms. The number of benzene rings is 1. The van der Waals surface area contributed by atoms with Gasteiger partial charge in [-0.2, -0.15) is 0 Å². The number of hydrogen-bond donors (Lipinski definition) is 1. The lowest BCUT2D eigenvalue weighted by Crippen LogP contribution is -3.12. The zero-order valence-electron chi connectivity index (χ0n) is 18.4. The molecule has 1 N–H and O–H groups in total. The summed E-state index contributed by atoms with van der Waals surface area (Å²) in [4.78, 5) is 27.5. The van der Waals surface area contributed by atoms with Crippen molar-refractivity contribution in [3.8, 4) is 0 Å². The van der Waals surface area contributed by atoms with Crippen LogP contribution in [0.4, 0.5) is 5.82 Å². The summed E-state index contributed by atoms with van der Waals surface area (Å²) in [5, 5.41) is 0.744. The number of piperazine rings is 1. The minimum atomic E-state index is 0.0437. The van der Waals surface area contributed by atoms with Gasteiger partial charge in [-0.25, -0.2) is 9.97 Å². The number of rotatable bonds is 8. The van der Waals surface area contributed by atoms with Gasteiger partial charge in [-0.05, 0) is 24.6 Å². The molecule has 1 saturated heterocycles. The Morgan fingerprint density at radius 1 is 1.27 bits per heavy atom. The second-order valence-electron chi connectivity index (χ2n) is 7.69. The maximum atomic E-state index is 12.4. The van der Waals surface area contributed by atoms with Crippen molar-refractivity contribution in [2.45, 2.75) is 24.4 Å². The van der Waals surface area contributed by atoms with Crippen LogP contribution in [-0.2, 0) is 17.1 Å². The Morgan fingerprint density at radius 3 is 2.73 bits per heavy atom. The lowest BCUT2D eigenvalue weighted by molar-refractivity contribution is -0.880. The van der Waals surface area contributed by atoms with Crippen molar-refractivity contribution >= 4 is 23.5 Å². The Bertz CT molecular complexity index is 855. The van der Waals surface area contributed by atoms with E-state index in [2.05, 4.69) is 16.9 Å². The molecule has 3 rings (SSSR count). The molecule has 0 spiro atoms. The fraction of sp³-hybridized carbons (Fsp3) is 0.500. The molecule has 0 aliphatic carbocycles. The van der Waals surface area contributed by atoms with Crippen molar-refractivity contribution in [3.63, 3.8) is 0 Å². The number of methoxy groups -OCH3 is 1. The highest BCUT2D eigenvalue weighted by Crippen LogP contribution is 2.24. The van der Waals surface area contributed by atoms with Crippen LogP contribution in [0.25, 0.3) is 0 Å². The summed E-state index contributed by atoms with van der Waals surface area (Å²) >= 11 is 1.59. The molecule has 0 unspecified atom stereocenters. The Morgan fingerprint density at radius 2 is 2.03 bits per heavy atom. The van der Waals surface area contributed by atoms with Gasteiger partial charge in [-0.15, -0.1) is 0 Å². The van der Waals surface area contributed by atoms with Crippen molar-refractivity contribution < 1.29 is 14.4 Å². The average molecular weight is 431 g/mol. The van der Waals surface area contributed by atoms with Gasteiger partial charge in [-0.1, -0.05) is 23.9 Å². The van der Waals surface area contributed by atoms with Crippen molar-refractivity contribution in [2.24, 2.45) is 0 Å². The summed E-state index contributed by atoms with van der Waals surface area (Å²) in [7, 11) is 5.73. The molecule has 30 heavy (non-hydrogen) atoms. The van der Waals surface area contributed by atoms with Gasteiger partial charge < -0.3 is 19.4 Å². The van der Waals surface area contributed by atoms with E-state index in [0.717, 1.165) is 48.4 Å². The van der Waals surface area contributed by atoms with Gasteiger partial charge in [-0.3, -0.25) is 4.79 Å². The summed E-state index contributed by atoms with van der Waals surface area (Å²) in [5.74, 6) is 1.72. The molecule has 0 bridgehead atoms. The van der Waals surface area contributed by atoms with Gasteiger partial charge in [0.25, 0.3) is 5.91 Å². The van der Waals surface area contributed by atoms with E-state index in [0.29, 0.717) is 24.5 Å². The lowest BCUT2D eigenvalue weighted by Gasteiger charge is -2.31. The quantitative estimate of drug-likeness (QED) is 0.504. The topological polar surface area (TPSA) is 63.0 Å². The van der Waals surface area contributed by atoms with E-state index in [1.807, 2.05) is 44.3 Å². The number of thioether (sulfide) groups is 1. The van der Waals surface area contributed by atoms with E-state index in [4.69, 9.17) is 9.72 Å². The van der Waals surface area contributed by atoms with E-state index >= 15 is 0 Å². The molecule has 2 heterocycles. The van der Waals surface area contributed by atoms with Crippen LogP contribution in [0.1, 0.15) is 28.5 Å². The number of hydrogen-bond acceptors (Lipinski definition) is 6. The molecule has 0 radical (unpaired) electrons. The fourth-order valence-electron chi connectivity index (χ4n) is 3.33. The minimum absolute atomic E-state index is 0.0437. The highest BCUT2D eigenvalue weighted by molar-refractivity contribution is 7.98. The van der Waals surface area contributed by atoms with Gasteiger partial charge in [0.05, 0.1) is 45.5 Å². The standard InChI is InChI=1S/C22H31N5O2S/c1-5-26(3)21(28)18-8-6-7-17(13-18)16-30-22-23-19(15-29-4)14-20(24-22)27-11-9-25(2)10-12-27/h6-8,13-14H,5,9-12,15-16H2,1-4H3/p+1. The summed E-state index contributed by atoms with van der Waals surface area (Å²) in [6.45, 7) is 7.34. The first kappa shape index (κ1) is 22.5. The van der Waals surface area contributed by atoms with Crippen molar-refractivity contribution in [1.82, 2.24) is 14.9 Å². The van der Waals surface area contributed by atoms with Crippen molar-refractivity contribution in [2.75, 3.05) is 58.8 Å². The molecule has 0 saturated carbocycles. The number of nitrogens with one attached hydrogen (secondary N) is 1. The Labute approximate surface area is 183 Å². The molecule has 1 aliphatic heterocycles. The number of quaternary nitrogens is 1. The first-order valence-corrected chi connectivity index (χ1v) is 11.4. The molecule has 1 aromatic carbocycles. The number of aromatic nitrogens is 2. The van der Waals surface area contributed by atoms with Crippen LogP contribution in [0.2, 0.25) is 0 Å². The molecular weight excluding hydrogens is 398 g/mol. The third-order valence-electron chi connectivity index (χ3n) is 5.34. The SMILES string of the molecule is CCN(C)C(=O)c1cccc(CSc2nc(COC)cc(N3CC[NH+](C)CC3)n2)c1. The number of amides is 1. The summed E-state index contributed by atoms with van der Waals surface area (Å²) in [6, 6.07) is 9.84. The number of carbonyl (C=O) groups excluding carboxylic acids is 1. The second kappa shape index (κ2) is 10.7. The van der Waals surface area contributed by atoms with Gasteiger partial charge >= 0.3 is 0 Å². The van der Waals surface area contributed by atoms with Crippen LogP contribution in [0.5, 0.6) is 0 Å². The maximum Gasteiger partial charge on any atom is 0.253 e. The van der Waals surface area contributed by atoms with Crippen LogP contribution in [0.15, 0.2) is 35.5 Å². The largest absolute Gasteiger partial charge is 0.378 e. The van der Waals surface area contributed by atoms with E-state index < -0.39 is 0 Å². The third-order valence-corrected chi connectivity index (χ3v) is 6.26. The predicted octanol–water partition coefficient (Wildman–Crippen LogP) is 1.34. The zero-order chi connectivity index (χ0) is 21.5. The summed E-state index contributed by atoms with van der Waals surface area (Å²) in [5.41, 5.74) is 2.69. The van der Waals surface area contributed by atoms with Gasteiger partial charge in [0.15, 0.2) is 5.16 Å². The van der Waals surface area contributed by atoms with E-state index in [1.54, 1.807) is 28.7 Å². The van der Waals surface area contributed by atoms with Crippen molar-refractivity contribution in [1.29, 1.82) is 0 Å². The number of likely N-dealkylation sites (N-methyl/N-ethyl adjacent to an activating group) is 1. The highest BCUT2D eigenvalue weighted by Gasteiger charge is 2.19. The first-order chi connectivity index (χ1) is 14.5. The molecule has 1 aromatic heterocycles. The second-order valence-corrected chi connectivity index (χ2v) is 8.63. The van der Waals surface area contributed by atoms with Crippen LogP contribution in [0.3, 0.4) is 0 Å². The molecule has 1 fully saturated rings. The van der Waals surface area contributed by atoms with Gasteiger partial charge in [0.1, 0.15) is 5.82 Å². The van der Waals surface area contributed by atoms with Crippen LogP contribution >= 0.6 is 11.8 Å². The molecule has 162 valence electrons. The van der Waals surface area contributed by atoms with Crippen molar-refractivity contribution in [3.05, 3.63) is 47.2 Å². The summed E-state index contributed by atoms with van der Waals surface area (Å²) in [6.07, 6.45) is 0. The third kappa shape index (κ3) is 5.93. The zero-order valence-corrected chi connectivity index (χ0v) is 19.2. The van der Waals surface area contributed by atoms with E-state index in [1.165, 1.54) is 0 Å². The molecular formula is C22H32N5O2S+. The Kier molecular flexibility index (Phi) is 8.07. The Hall–Kier alpha value is -2.16. The number of carbonyl (C=O) groups is 1.